The number of fused-ring (bicyclic) bond motifs is 1. The van der Waals surface area contributed by atoms with E-state index in [2.05, 4.69) is 10.1 Å². The van der Waals surface area contributed by atoms with Crippen molar-refractivity contribution in [1.82, 2.24) is 19.7 Å². The number of carbonyl (C=O) groups excluding carboxylic acids is 1. The number of ether oxygens (including phenoxy) is 1. The molecule has 1 aliphatic rings. The maximum atomic E-state index is 12.8. The number of carbonyl (C=O) groups is 1. The summed E-state index contributed by atoms with van der Waals surface area (Å²) in [7, 11) is 1.77. The third-order valence-electron chi connectivity index (χ3n) is 5.04. The molecule has 1 amide bonds. The lowest BCUT2D eigenvalue weighted by atomic mass is 10.00. The zero-order chi connectivity index (χ0) is 18.1. The fourth-order valence-electron chi connectivity index (χ4n) is 3.71. The van der Waals surface area contributed by atoms with Crippen molar-refractivity contribution in [2.24, 2.45) is 7.05 Å². The van der Waals surface area contributed by atoms with E-state index >= 15 is 0 Å². The lowest BCUT2D eigenvalue weighted by Crippen LogP contribution is -2.44. The summed E-state index contributed by atoms with van der Waals surface area (Å²) in [6.45, 7) is 7.85. The molecule has 1 saturated heterocycles. The third kappa shape index (κ3) is 3.33. The summed E-state index contributed by atoms with van der Waals surface area (Å²) in [4.78, 5) is 31.4. The van der Waals surface area contributed by atoms with Crippen LogP contribution in [0.1, 0.15) is 36.6 Å². The van der Waals surface area contributed by atoms with Crippen molar-refractivity contribution in [3.8, 4) is 0 Å². The fourth-order valence-corrected chi connectivity index (χ4v) is 3.71. The van der Waals surface area contributed by atoms with Crippen LogP contribution in [0.5, 0.6) is 0 Å². The molecule has 3 rings (SSSR count). The number of H-pyrrole nitrogens is 1. The number of hydrogen-bond donors (Lipinski definition) is 1. The molecule has 0 unspecified atom stereocenters. The van der Waals surface area contributed by atoms with E-state index in [1.165, 1.54) is 0 Å². The molecule has 7 heteroatoms. The maximum Gasteiger partial charge on any atom is 0.273 e. The lowest BCUT2D eigenvalue weighted by Gasteiger charge is -2.32. The summed E-state index contributed by atoms with van der Waals surface area (Å²) < 4.78 is 7.31. The number of likely N-dealkylation sites (tertiary alicyclic amines) is 1. The van der Waals surface area contributed by atoms with Crippen LogP contribution < -0.4 is 5.56 Å². The smallest absolute Gasteiger partial charge is 0.273 e. The Balaban J connectivity index is 1.86. The average Bonchev–Trinajstić information content (AvgIpc) is 2.85. The van der Waals surface area contributed by atoms with E-state index in [1.807, 2.05) is 25.7 Å². The van der Waals surface area contributed by atoms with Crippen LogP contribution in [-0.2, 0) is 23.0 Å². The first-order valence-corrected chi connectivity index (χ1v) is 8.86. The summed E-state index contributed by atoms with van der Waals surface area (Å²) >= 11 is 0. The monoisotopic (exact) mass is 346 g/mol. The van der Waals surface area contributed by atoms with Crippen molar-refractivity contribution in [2.75, 3.05) is 19.7 Å². The van der Waals surface area contributed by atoms with Gasteiger partial charge in [0.25, 0.3) is 5.56 Å². The molecule has 0 bridgehead atoms. The SMILES string of the molecule is CCO[C@@H]1CCCN(C(=O)Cc2c(C)nc3c(c2C)c(=O)[nH]n3C)C1. The van der Waals surface area contributed by atoms with Crippen LogP contribution in [0.25, 0.3) is 11.0 Å². The number of aromatic amines is 1. The highest BCUT2D eigenvalue weighted by molar-refractivity contribution is 5.84. The van der Waals surface area contributed by atoms with Crippen LogP contribution in [0.3, 0.4) is 0 Å². The number of hydrogen-bond acceptors (Lipinski definition) is 4. The first kappa shape index (κ1) is 17.7. The molecule has 2 aromatic heterocycles. The Morgan fingerprint density at radius 2 is 2.16 bits per heavy atom. The Morgan fingerprint density at radius 3 is 2.88 bits per heavy atom. The summed E-state index contributed by atoms with van der Waals surface area (Å²) in [5.74, 6) is 0.0733. The Labute approximate surface area is 147 Å². The minimum Gasteiger partial charge on any atom is -0.377 e. The van der Waals surface area contributed by atoms with Gasteiger partial charge in [0.15, 0.2) is 5.65 Å². The summed E-state index contributed by atoms with van der Waals surface area (Å²) in [5.41, 5.74) is 2.96. The van der Waals surface area contributed by atoms with Gasteiger partial charge in [-0.2, -0.15) is 0 Å². The second-order valence-corrected chi connectivity index (χ2v) is 6.74. The summed E-state index contributed by atoms with van der Waals surface area (Å²) in [6, 6.07) is 0. The molecule has 0 saturated carbocycles. The molecule has 25 heavy (non-hydrogen) atoms. The minimum atomic E-state index is -0.161. The molecule has 0 radical (unpaired) electrons. The molecule has 1 fully saturated rings. The van der Waals surface area contributed by atoms with E-state index in [1.54, 1.807) is 11.7 Å². The average molecular weight is 346 g/mol. The van der Waals surface area contributed by atoms with Crippen LogP contribution in [-0.4, -0.2) is 51.4 Å². The van der Waals surface area contributed by atoms with Gasteiger partial charge in [0.05, 0.1) is 17.9 Å². The summed E-state index contributed by atoms with van der Waals surface area (Å²) in [5, 5.41) is 3.31. The molecule has 0 aromatic carbocycles. The van der Waals surface area contributed by atoms with Gasteiger partial charge in [-0.25, -0.2) is 4.98 Å². The van der Waals surface area contributed by atoms with E-state index in [0.717, 1.165) is 36.2 Å². The van der Waals surface area contributed by atoms with Gasteiger partial charge in [0.1, 0.15) is 0 Å². The van der Waals surface area contributed by atoms with E-state index in [9.17, 15) is 9.59 Å². The van der Waals surface area contributed by atoms with Crippen LogP contribution >= 0.6 is 0 Å². The number of aryl methyl sites for hydroxylation is 3. The van der Waals surface area contributed by atoms with Crippen molar-refractivity contribution in [1.29, 1.82) is 0 Å². The van der Waals surface area contributed by atoms with Crippen LogP contribution in [0.4, 0.5) is 0 Å². The highest BCUT2D eigenvalue weighted by Gasteiger charge is 2.25. The van der Waals surface area contributed by atoms with Gasteiger partial charge >= 0.3 is 0 Å². The molecule has 0 spiro atoms. The second kappa shape index (κ2) is 7.00. The third-order valence-corrected chi connectivity index (χ3v) is 5.04. The number of aromatic nitrogens is 3. The van der Waals surface area contributed by atoms with E-state index in [4.69, 9.17) is 4.74 Å². The van der Waals surface area contributed by atoms with Gasteiger partial charge in [-0.3, -0.25) is 19.4 Å². The van der Waals surface area contributed by atoms with Gasteiger partial charge in [-0.15, -0.1) is 0 Å². The Morgan fingerprint density at radius 1 is 1.40 bits per heavy atom. The molecule has 1 N–H and O–H groups in total. The molecule has 7 nitrogen and oxygen atoms in total. The Kier molecular flexibility index (Phi) is 4.94. The van der Waals surface area contributed by atoms with Crippen molar-refractivity contribution >= 4 is 16.9 Å². The number of nitrogens with one attached hydrogen (secondary N) is 1. The van der Waals surface area contributed by atoms with Crippen LogP contribution in [0, 0.1) is 13.8 Å². The van der Waals surface area contributed by atoms with E-state index in [0.29, 0.717) is 24.2 Å². The number of amides is 1. The van der Waals surface area contributed by atoms with Crippen LogP contribution in [0.15, 0.2) is 4.79 Å². The van der Waals surface area contributed by atoms with E-state index in [-0.39, 0.29) is 24.0 Å². The molecule has 136 valence electrons. The lowest BCUT2D eigenvalue weighted by molar-refractivity contribution is -0.134. The predicted molar refractivity (Wildman–Crippen MR) is 95.7 cm³/mol. The molecule has 0 aliphatic carbocycles. The Hall–Kier alpha value is -2.15. The van der Waals surface area contributed by atoms with Gasteiger partial charge < -0.3 is 9.64 Å². The molecule has 1 atom stereocenters. The zero-order valence-corrected chi connectivity index (χ0v) is 15.4. The molecular weight excluding hydrogens is 320 g/mol. The topological polar surface area (TPSA) is 80.2 Å². The minimum absolute atomic E-state index is 0.0733. The van der Waals surface area contributed by atoms with Gasteiger partial charge in [-0.1, -0.05) is 0 Å². The van der Waals surface area contributed by atoms with Gasteiger partial charge in [-0.05, 0) is 44.7 Å². The normalized spacial score (nSPS) is 18.1. The molecule has 2 aromatic rings. The Bertz CT molecular complexity index is 850. The molecular formula is C18H26N4O3. The standard InChI is InChI=1S/C18H26N4O3/c1-5-25-13-7-6-8-22(10-13)15(23)9-14-11(2)16-17(19-12(14)3)21(4)20-18(16)24/h13H,5-10H2,1-4H3,(H,20,24)/t13-/m1/s1. The maximum absolute atomic E-state index is 12.8. The van der Waals surface area contributed by atoms with E-state index < -0.39 is 0 Å². The van der Waals surface area contributed by atoms with Crippen molar-refractivity contribution < 1.29 is 9.53 Å². The van der Waals surface area contributed by atoms with Gasteiger partial charge in [0, 0.05) is 32.4 Å². The predicted octanol–water partition coefficient (Wildman–Crippen LogP) is 1.45. The number of nitrogens with zero attached hydrogens (tertiary/aromatic N) is 3. The van der Waals surface area contributed by atoms with Crippen molar-refractivity contribution in [3.63, 3.8) is 0 Å². The molecule has 3 heterocycles. The quantitative estimate of drug-likeness (QED) is 0.909. The number of piperidine rings is 1. The first-order chi connectivity index (χ1) is 11.9. The second-order valence-electron chi connectivity index (χ2n) is 6.74. The highest BCUT2D eigenvalue weighted by atomic mass is 16.5. The van der Waals surface area contributed by atoms with Crippen LogP contribution in [0.2, 0.25) is 0 Å². The number of rotatable bonds is 4. The number of pyridine rings is 1. The van der Waals surface area contributed by atoms with Crippen molar-refractivity contribution in [3.05, 3.63) is 27.2 Å². The van der Waals surface area contributed by atoms with Crippen molar-refractivity contribution in [2.45, 2.75) is 46.1 Å². The summed E-state index contributed by atoms with van der Waals surface area (Å²) in [6.07, 6.45) is 2.36. The highest BCUT2D eigenvalue weighted by Crippen LogP contribution is 2.22. The molecule has 1 aliphatic heterocycles. The van der Waals surface area contributed by atoms with Gasteiger partial charge in [0.2, 0.25) is 5.91 Å². The first-order valence-electron chi connectivity index (χ1n) is 8.86. The largest absolute Gasteiger partial charge is 0.377 e. The zero-order valence-electron chi connectivity index (χ0n) is 15.4. The fraction of sp³-hybridized carbons (Fsp3) is 0.611.